The first kappa shape index (κ1) is 12.6. The Balaban J connectivity index is 2.23. The van der Waals surface area contributed by atoms with Gasteiger partial charge in [-0.05, 0) is 25.6 Å². The molecule has 1 heterocycles. The summed E-state index contributed by atoms with van der Waals surface area (Å²) in [5.41, 5.74) is 0.882. The maximum Gasteiger partial charge on any atom is 0.243 e. The van der Waals surface area contributed by atoms with Crippen LogP contribution in [0.25, 0.3) is 11.4 Å². The van der Waals surface area contributed by atoms with Crippen molar-refractivity contribution in [2.24, 2.45) is 0 Å². The number of hydrogen-bond donors (Lipinski definition) is 1. The van der Waals surface area contributed by atoms with Crippen molar-refractivity contribution in [2.75, 3.05) is 13.7 Å². The lowest BCUT2D eigenvalue weighted by atomic mass is 10.2. The molecule has 1 atom stereocenters. The number of benzene rings is 1. The Hall–Kier alpha value is -1.88. The van der Waals surface area contributed by atoms with Crippen LogP contribution in [0.15, 0.2) is 28.8 Å². The third-order valence-electron chi connectivity index (χ3n) is 2.65. The minimum atomic E-state index is 0.0573. The molecule has 1 unspecified atom stereocenters. The first-order chi connectivity index (χ1) is 8.74. The van der Waals surface area contributed by atoms with E-state index in [4.69, 9.17) is 9.26 Å². The molecule has 0 aliphatic carbocycles. The number of methoxy groups -OCH3 is 1. The third kappa shape index (κ3) is 2.68. The predicted octanol–water partition coefficient (Wildman–Crippen LogP) is 2.42. The average Bonchev–Trinajstić information content (AvgIpc) is 2.89. The second-order valence-electron chi connectivity index (χ2n) is 3.97. The fraction of sp³-hybridized carbons (Fsp3) is 0.385. The molecule has 0 amide bonds. The minimum absolute atomic E-state index is 0.0573. The standard InChI is InChI=1S/C13H17N3O2/c1-4-14-9(2)13-15-12(16-18-13)10-6-5-7-11(8-10)17-3/h5-9,14H,4H2,1-3H3. The van der Waals surface area contributed by atoms with Crippen LogP contribution in [-0.2, 0) is 0 Å². The topological polar surface area (TPSA) is 60.2 Å². The number of aromatic nitrogens is 2. The Morgan fingerprint density at radius 1 is 1.44 bits per heavy atom. The SMILES string of the molecule is CCNC(C)c1nc(-c2cccc(OC)c2)no1. The summed E-state index contributed by atoms with van der Waals surface area (Å²) in [6.07, 6.45) is 0. The highest BCUT2D eigenvalue weighted by molar-refractivity contribution is 5.56. The Kier molecular flexibility index (Phi) is 3.94. The lowest BCUT2D eigenvalue weighted by molar-refractivity contribution is 0.342. The lowest BCUT2D eigenvalue weighted by Crippen LogP contribution is -2.17. The number of rotatable bonds is 5. The number of hydrogen-bond acceptors (Lipinski definition) is 5. The van der Waals surface area contributed by atoms with Gasteiger partial charge in [-0.2, -0.15) is 4.98 Å². The highest BCUT2D eigenvalue weighted by atomic mass is 16.5. The molecule has 0 radical (unpaired) electrons. The van der Waals surface area contributed by atoms with E-state index < -0.39 is 0 Å². The van der Waals surface area contributed by atoms with Gasteiger partial charge in [-0.25, -0.2) is 0 Å². The molecule has 2 rings (SSSR count). The molecule has 5 heteroatoms. The van der Waals surface area contributed by atoms with Crippen molar-refractivity contribution in [2.45, 2.75) is 19.9 Å². The highest BCUT2D eigenvalue weighted by Crippen LogP contribution is 2.22. The number of nitrogens with one attached hydrogen (secondary N) is 1. The second kappa shape index (κ2) is 5.64. The van der Waals surface area contributed by atoms with Crippen molar-refractivity contribution in [3.05, 3.63) is 30.2 Å². The van der Waals surface area contributed by atoms with Crippen molar-refractivity contribution in [3.63, 3.8) is 0 Å². The van der Waals surface area contributed by atoms with E-state index in [1.807, 2.05) is 38.1 Å². The summed E-state index contributed by atoms with van der Waals surface area (Å²) in [5.74, 6) is 1.95. The van der Waals surface area contributed by atoms with Crippen molar-refractivity contribution in [1.29, 1.82) is 0 Å². The summed E-state index contributed by atoms with van der Waals surface area (Å²) in [4.78, 5) is 4.38. The smallest absolute Gasteiger partial charge is 0.243 e. The zero-order chi connectivity index (χ0) is 13.0. The van der Waals surface area contributed by atoms with Gasteiger partial charge in [0.05, 0.1) is 13.2 Å². The van der Waals surface area contributed by atoms with Crippen molar-refractivity contribution in [3.8, 4) is 17.1 Å². The van der Waals surface area contributed by atoms with Crippen molar-refractivity contribution < 1.29 is 9.26 Å². The molecule has 1 N–H and O–H groups in total. The van der Waals surface area contributed by atoms with Crippen LogP contribution in [0, 0.1) is 0 Å². The fourth-order valence-corrected chi connectivity index (χ4v) is 1.68. The monoisotopic (exact) mass is 247 g/mol. The molecule has 0 aliphatic heterocycles. The largest absolute Gasteiger partial charge is 0.497 e. The van der Waals surface area contributed by atoms with Crippen LogP contribution in [0.1, 0.15) is 25.8 Å². The predicted molar refractivity (Wildman–Crippen MR) is 68.4 cm³/mol. The van der Waals surface area contributed by atoms with Gasteiger partial charge >= 0.3 is 0 Å². The van der Waals surface area contributed by atoms with E-state index >= 15 is 0 Å². The number of nitrogens with zero attached hydrogens (tertiary/aromatic N) is 2. The summed E-state index contributed by atoms with van der Waals surface area (Å²) >= 11 is 0. The molecular formula is C13H17N3O2. The normalized spacial score (nSPS) is 12.4. The van der Waals surface area contributed by atoms with Crippen LogP contribution in [0.3, 0.4) is 0 Å². The van der Waals surface area contributed by atoms with Gasteiger partial charge in [0.2, 0.25) is 11.7 Å². The van der Waals surface area contributed by atoms with Crippen LogP contribution in [0.4, 0.5) is 0 Å². The lowest BCUT2D eigenvalue weighted by Gasteiger charge is -2.05. The van der Waals surface area contributed by atoms with Gasteiger partial charge in [0.15, 0.2) is 0 Å². The summed E-state index contributed by atoms with van der Waals surface area (Å²) in [6, 6.07) is 7.65. The van der Waals surface area contributed by atoms with Gasteiger partial charge < -0.3 is 14.6 Å². The highest BCUT2D eigenvalue weighted by Gasteiger charge is 2.14. The molecule has 5 nitrogen and oxygen atoms in total. The van der Waals surface area contributed by atoms with E-state index in [1.54, 1.807) is 7.11 Å². The first-order valence-corrected chi connectivity index (χ1v) is 5.96. The van der Waals surface area contributed by atoms with Crippen LogP contribution in [0.5, 0.6) is 5.75 Å². The molecule has 0 saturated heterocycles. The molecular weight excluding hydrogens is 230 g/mol. The maximum absolute atomic E-state index is 5.24. The maximum atomic E-state index is 5.24. The first-order valence-electron chi connectivity index (χ1n) is 5.96. The van der Waals surface area contributed by atoms with E-state index in [0.29, 0.717) is 11.7 Å². The van der Waals surface area contributed by atoms with Crippen LogP contribution in [-0.4, -0.2) is 23.8 Å². The van der Waals surface area contributed by atoms with Crippen LogP contribution < -0.4 is 10.1 Å². The summed E-state index contributed by atoms with van der Waals surface area (Å²) in [6.45, 7) is 4.89. The Labute approximate surface area is 106 Å². The van der Waals surface area contributed by atoms with Gasteiger partial charge in [0.25, 0.3) is 0 Å². The van der Waals surface area contributed by atoms with Gasteiger partial charge in [-0.1, -0.05) is 24.2 Å². The summed E-state index contributed by atoms with van der Waals surface area (Å²) in [7, 11) is 1.63. The van der Waals surface area contributed by atoms with E-state index in [2.05, 4.69) is 15.5 Å². The molecule has 0 fully saturated rings. The van der Waals surface area contributed by atoms with Crippen molar-refractivity contribution in [1.82, 2.24) is 15.5 Å². The molecule has 0 saturated carbocycles. The second-order valence-corrected chi connectivity index (χ2v) is 3.97. The van der Waals surface area contributed by atoms with E-state index in [-0.39, 0.29) is 6.04 Å². The van der Waals surface area contributed by atoms with Crippen LogP contribution >= 0.6 is 0 Å². The van der Waals surface area contributed by atoms with Gasteiger partial charge in [-0.3, -0.25) is 0 Å². The quantitative estimate of drug-likeness (QED) is 0.879. The van der Waals surface area contributed by atoms with E-state index in [9.17, 15) is 0 Å². The minimum Gasteiger partial charge on any atom is -0.497 e. The zero-order valence-electron chi connectivity index (χ0n) is 10.8. The molecule has 0 spiro atoms. The fourth-order valence-electron chi connectivity index (χ4n) is 1.68. The zero-order valence-corrected chi connectivity index (χ0v) is 10.8. The molecule has 18 heavy (non-hydrogen) atoms. The van der Waals surface area contributed by atoms with Crippen LogP contribution in [0.2, 0.25) is 0 Å². The van der Waals surface area contributed by atoms with Gasteiger partial charge in [-0.15, -0.1) is 0 Å². The molecule has 2 aromatic rings. The number of ether oxygens (including phenoxy) is 1. The Morgan fingerprint density at radius 3 is 3.00 bits per heavy atom. The molecule has 96 valence electrons. The Morgan fingerprint density at radius 2 is 2.28 bits per heavy atom. The van der Waals surface area contributed by atoms with E-state index in [0.717, 1.165) is 17.9 Å². The van der Waals surface area contributed by atoms with Crippen molar-refractivity contribution >= 4 is 0 Å². The van der Waals surface area contributed by atoms with E-state index in [1.165, 1.54) is 0 Å². The summed E-state index contributed by atoms with van der Waals surface area (Å²) in [5, 5.41) is 7.21. The Bertz CT molecular complexity index is 510. The molecule has 0 aliphatic rings. The molecule has 1 aromatic carbocycles. The summed E-state index contributed by atoms with van der Waals surface area (Å²) < 4.78 is 10.4. The van der Waals surface area contributed by atoms with Gasteiger partial charge in [0.1, 0.15) is 5.75 Å². The van der Waals surface area contributed by atoms with Gasteiger partial charge in [0, 0.05) is 5.56 Å². The molecule has 1 aromatic heterocycles. The molecule has 0 bridgehead atoms. The third-order valence-corrected chi connectivity index (χ3v) is 2.65. The average molecular weight is 247 g/mol.